The Labute approximate surface area is 114 Å². The summed E-state index contributed by atoms with van der Waals surface area (Å²) in [4.78, 5) is 13.0. The number of amides is 1. The molecule has 0 fully saturated rings. The molecule has 0 aliphatic rings. The van der Waals surface area contributed by atoms with E-state index in [-0.39, 0.29) is 11.3 Å². The lowest BCUT2D eigenvalue weighted by Gasteiger charge is -2.24. The van der Waals surface area contributed by atoms with E-state index in [2.05, 4.69) is 49.8 Å². The fourth-order valence-electron chi connectivity index (χ4n) is 1.54. The maximum Gasteiger partial charge on any atom is 0.233 e. The van der Waals surface area contributed by atoms with Gasteiger partial charge in [-0.05, 0) is 24.8 Å². The minimum Gasteiger partial charge on any atom is -0.354 e. The normalized spacial score (nSPS) is 13.3. The topological polar surface area (TPSA) is 41.1 Å². The van der Waals surface area contributed by atoms with Gasteiger partial charge in [0, 0.05) is 22.9 Å². The minimum absolute atomic E-state index is 0.000197. The van der Waals surface area contributed by atoms with Gasteiger partial charge in [0.15, 0.2) is 0 Å². The monoisotopic (exact) mass is 268 g/mol. The van der Waals surface area contributed by atoms with Gasteiger partial charge >= 0.3 is 0 Å². The molecule has 0 aliphatic heterocycles. The molecular weight excluding hydrogens is 244 g/mol. The lowest BCUT2D eigenvalue weighted by molar-refractivity contribution is -0.120. The molecule has 0 spiro atoms. The average Bonchev–Trinajstić information content (AvgIpc) is 2.88. The summed E-state index contributed by atoms with van der Waals surface area (Å²) in [5, 5.41) is 8.26. The quantitative estimate of drug-likeness (QED) is 0.798. The lowest BCUT2D eigenvalue weighted by atomic mass is 9.91. The second-order valence-corrected chi connectivity index (χ2v) is 6.28. The lowest BCUT2D eigenvalue weighted by Crippen LogP contribution is -2.42. The molecule has 4 heteroatoms. The molecule has 1 unspecified atom stereocenters. The van der Waals surface area contributed by atoms with E-state index in [9.17, 15) is 4.79 Å². The second kappa shape index (κ2) is 6.90. The Morgan fingerprint density at radius 3 is 2.78 bits per heavy atom. The van der Waals surface area contributed by atoms with E-state index < -0.39 is 0 Å². The van der Waals surface area contributed by atoms with Gasteiger partial charge in [0.1, 0.15) is 0 Å². The molecule has 0 saturated heterocycles. The first-order valence-electron chi connectivity index (χ1n) is 6.49. The maximum absolute atomic E-state index is 11.7. The van der Waals surface area contributed by atoms with Crippen molar-refractivity contribution >= 4 is 17.2 Å². The van der Waals surface area contributed by atoms with E-state index in [1.54, 1.807) is 11.3 Å². The average molecular weight is 268 g/mol. The summed E-state index contributed by atoms with van der Waals surface area (Å²) in [5.41, 5.74) is 0.000197. The van der Waals surface area contributed by atoms with Crippen molar-refractivity contribution in [3.63, 3.8) is 0 Å². The van der Waals surface area contributed by atoms with E-state index in [4.69, 9.17) is 0 Å². The van der Waals surface area contributed by atoms with Crippen molar-refractivity contribution in [3.8, 4) is 0 Å². The Morgan fingerprint density at radius 2 is 2.22 bits per heavy atom. The van der Waals surface area contributed by atoms with Crippen LogP contribution in [0.4, 0.5) is 0 Å². The van der Waals surface area contributed by atoms with Crippen LogP contribution in [0.25, 0.3) is 0 Å². The molecule has 1 aromatic rings. The third-order valence-corrected chi connectivity index (χ3v) is 4.37. The molecule has 1 heterocycles. The Balaban J connectivity index is 2.34. The molecule has 2 N–H and O–H groups in total. The van der Waals surface area contributed by atoms with Crippen LogP contribution in [0.3, 0.4) is 0 Å². The molecule has 0 aliphatic carbocycles. The molecule has 0 radical (unpaired) electrons. The third-order valence-electron chi connectivity index (χ3n) is 3.14. The Kier molecular flexibility index (Phi) is 5.82. The summed E-state index contributed by atoms with van der Waals surface area (Å²) in [6.07, 6.45) is 1.04. The predicted octanol–water partition coefficient (Wildman–Crippen LogP) is 2.53. The zero-order valence-corrected chi connectivity index (χ0v) is 12.6. The van der Waals surface area contributed by atoms with E-state index in [1.807, 2.05) is 6.07 Å². The van der Waals surface area contributed by atoms with Gasteiger partial charge in [-0.15, -0.1) is 11.3 Å². The van der Waals surface area contributed by atoms with E-state index in [1.165, 1.54) is 4.88 Å². The van der Waals surface area contributed by atoms with Gasteiger partial charge in [-0.1, -0.05) is 26.8 Å². The molecule has 3 nitrogen and oxygen atoms in total. The molecule has 18 heavy (non-hydrogen) atoms. The molecule has 0 saturated carbocycles. The number of thiophene rings is 1. The number of hydrogen-bond donors (Lipinski definition) is 2. The molecule has 102 valence electrons. The van der Waals surface area contributed by atoms with Gasteiger partial charge in [0.2, 0.25) is 5.91 Å². The number of carbonyl (C=O) groups excluding carboxylic acids is 1. The van der Waals surface area contributed by atoms with Gasteiger partial charge < -0.3 is 10.6 Å². The van der Waals surface area contributed by atoms with Gasteiger partial charge in [0.25, 0.3) is 0 Å². The van der Waals surface area contributed by atoms with E-state index in [0.29, 0.717) is 19.1 Å². The highest BCUT2D eigenvalue weighted by molar-refractivity contribution is 7.10. The van der Waals surface area contributed by atoms with Crippen molar-refractivity contribution in [1.82, 2.24) is 10.6 Å². The summed E-state index contributed by atoms with van der Waals surface area (Å²) in [6, 6.07) is 4.56. The number of nitrogens with one attached hydrogen (secondary N) is 2. The van der Waals surface area contributed by atoms with Gasteiger partial charge in [-0.2, -0.15) is 0 Å². The number of carbonyl (C=O) groups is 1. The van der Waals surface area contributed by atoms with Gasteiger partial charge in [0.05, 0.1) is 6.54 Å². The molecule has 1 rings (SSSR count). The third kappa shape index (κ3) is 4.78. The SMILES string of the molecule is CCC(C)NCC(=O)NCC(C)(C)c1cccs1. The first kappa shape index (κ1) is 15.2. The summed E-state index contributed by atoms with van der Waals surface area (Å²) >= 11 is 1.74. The highest BCUT2D eigenvalue weighted by Crippen LogP contribution is 2.26. The standard InChI is InChI=1S/C14H24N2OS/c1-5-11(2)15-9-13(17)16-10-14(3,4)12-7-6-8-18-12/h6-8,11,15H,5,9-10H2,1-4H3,(H,16,17). The van der Waals surface area contributed by atoms with Crippen LogP contribution in [-0.2, 0) is 10.2 Å². The van der Waals surface area contributed by atoms with Crippen LogP contribution in [0.1, 0.15) is 39.0 Å². The highest BCUT2D eigenvalue weighted by atomic mass is 32.1. The Bertz CT molecular complexity index is 360. The summed E-state index contributed by atoms with van der Waals surface area (Å²) in [5.74, 6) is 0.0694. The van der Waals surface area contributed by atoms with Gasteiger partial charge in [-0.25, -0.2) is 0 Å². The predicted molar refractivity (Wildman–Crippen MR) is 78.1 cm³/mol. The van der Waals surface area contributed by atoms with Crippen molar-refractivity contribution < 1.29 is 4.79 Å². The summed E-state index contributed by atoms with van der Waals surface area (Å²) in [6.45, 7) is 9.57. The summed E-state index contributed by atoms with van der Waals surface area (Å²) in [7, 11) is 0. The van der Waals surface area contributed by atoms with Crippen LogP contribution in [0.15, 0.2) is 17.5 Å². The van der Waals surface area contributed by atoms with Crippen molar-refractivity contribution in [2.75, 3.05) is 13.1 Å². The molecule has 0 aromatic carbocycles. The van der Waals surface area contributed by atoms with Crippen LogP contribution < -0.4 is 10.6 Å². The van der Waals surface area contributed by atoms with Crippen LogP contribution in [0.5, 0.6) is 0 Å². The molecular formula is C14H24N2OS. The molecule has 0 bridgehead atoms. The van der Waals surface area contributed by atoms with Crippen molar-refractivity contribution in [2.45, 2.75) is 45.6 Å². The van der Waals surface area contributed by atoms with Crippen LogP contribution in [-0.4, -0.2) is 25.0 Å². The second-order valence-electron chi connectivity index (χ2n) is 5.33. The first-order valence-corrected chi connectivity index (χ1v) is 7.37. The maximum atomic E-state index is 11.7. The van der Waals surface area contributed by atoms with Crippen LogP contribution >= 0.6 is 11.3 Å². The molecule has 1 aromatic heterocycles. The zero-order chi connectivity index (χ0) is 13.6. The first-order chi connectivity index (χ1) is 8.45. The van der Waals surface area contributed by atoms with Crippen molar-refractivity contribution in [1.29, 1.82) is 0 Å². The smallest absolute Gasteiger partial charge is 0.233 e. The van der Waals surface area contributed by atoms with E-state index in [0.717, 1.165) is 6.42 Å². The molecule has 1 amide bonds. The van der Waals surface area contributed by atoms with Crippen LogP contribution in [0, 0.1) is 0 Å². The Hall–Kier alpha value is -0.870. The number of rotatable bonds is 7. The van der Waals surface area contributed by atoms with Crippen LogP contribution in [0.2, 0.25) is 0 Å². The fraction of sp³-hybridized carbons (Fsp3) is 0.643. The molecule has 1 atom stereocenters. The zero-order valence-electron chi connectivity index (χ0n) is 11.7. The largest absolute Gasteiger partial charge is 0.354 e. The number of hydrogen-bond acceptors (Lipinski definition) is 3. The van der Waals surface area contributed by atoms with E-state index >= 15 is 0 Å². The summed E-state index contributed by atoms with van der Waals surface area (Å²) < 4.78 is 0. The van der Waals surface area contributed by atoms with Crippen molar-refractivity contribution in [3.05, 3.63) is 22.4 Å². The minimum atomic E-state index is 0.000197. The van der Waals surface area contributed by atoms with Crippen molar-refractivity contribution in [2.24, 2.45) is 0 Å². The highest BCUT2D eigenvalue weighted by Gasteiger charge is 2.22. The fourth-order valence-corrected chi connectivity index (χ4v) is 2.40. The van der Waals surface area contributed by atoms with Gasteiger partial charge in [-0.3, -0.25) is 4.79 Å². The Morgan fingerprint density at radius 1 is 1.50 bits per heavy atom.